The summed E-state index contributed by atoms with van der Waals surface area (Å²) >= 11 is 2.87. The van der Waals surface area contributed by atoms with Crippen molar-refractivity contribution in [3.63, 3.8) is 0 Å². The van der Waals surface area contributed by atoms with Crippen LogP contribution >= 0.6 is 23.1 Å². The van der Waals surface area contributed by atoms with Gasteiger partial charge < -0.3 is 5.11 Å². The molecular weight excluding hydrogens is 358 g/mol. The molecule has 0 aliphatic heterocycles. The SMILES string of the molecule is O=C(CSc1nc2ccccc2s1)N/N=C/c1ccccc1C(=O)O. The van der Waals surface area contributed by atoms with E-state index in [0.29, 0.717) is 5.56 Å². The van der Waals surface area contributed by atoms with Crippen LogP contribution in [0.15, 0.2) is 58.0 Å². The molecule has 1 amide bonds. The maximum atomic E-state index is 11.9. The third kappa shape index (κ3) is 4.43. The molecule has 0 aliphatic rings. The predicted octanol–water partition coefficient (Wildman–Crippen LogP) is 3.24. The molecule has 1 aromatic heterocycles. The first-order valence-corrected chi connectivity index (χ1v) is 9.06. The van der Waals surface area contributed by atoms with Gasteiger partial charge in [0.1, 0.15) is 0 Å². The van der Waals surface area contributed by atoms with Gasteiger partial charge in [0, 0.05) is 5.56 Å². The summed E-state index contributed by atoms with van der Waals surface area (Å²) in [5, 5.41) is 12.9. The van der Waals surface area contributed by atoms with E-state index in [4.69, 9.17) is 5.11 Å². The van der Waals surface area contributed by atoms with Crippen LogP contribution < -0.4 is 5.43 Å². The minimum atomic E-state index is -1.04. The van der Waals surface area contributed by atoms with Crippen LogP contribution in [-0.2, 0) is 4.79 Å². The summed E-state index contributed by atoms with van der Waals surface area (Å²) in [6.45, 7) is 0. The minimum absolute atomic E-state index is 0.129. The highest BCUT2D eigenvalue weighted by Crippen LogP contribution is 2.28. The molecule has 0 saturated carbocycles. The Kier molecular flexibility index (Phi) is 5.42. The quantitative estimate of drug-likeness (QED) is 0.394. The lowest BCUT2D eigenvalue weighted by Gasteiger charge is -2.00. The van der Waals surface area contributed by atoms with Gasteiger partial charge in [0.15, 0.2) is 4.34 Å². The fraction of sp³-hybridized carbons (Fsp3) is 0.0588. The molecular formula is C17H13N3O3S2. The van der Waals surface area contributed by atoms with Gasteiger partial charge in [0.25, 0.3) is 5.91 Å². The summed E-state index contributed by atoms with van der Waals surface area (Å²) in [7, 11) is 0. The summed E-state index contributed by atoms with van der Waals surface area (Å²) < 4.78 is 1.89. The molecule has 0 bridgehead atoms. The van der Waals surface area contributed by atoms with E-state index in [9.17, 15) is 9.59 Å². The third-order valence-electron chi connectivity index (χ3n) is 3.19. The van der Waals surface area contributed by atoms with Gasteiger partial charge in [0.05, 0.1) is 27.7 Å². The number of carboxylic acids is 1. The molecule has 6 nitrogen and oxygen atoms in total. The van der Waals surface area contributed by atoms with Crippen LogP contribution in [0.2, 0.25) is 0 Å². The van der Waals surface area contributed by atoms with Crippen molar-refractivity contribution < 1.29 is 14.7 Å². The van der Waals surface area contributed by atoms with E-state index in [2.05, 4.69) is 15.5 Å². The smallest absolute Gasteiger partial charge is 0.336 e. The van der Waals surface area contributed by atoms with Crippen LogP contribution in [0.25, 0.3) is 10.2 Å². The van der Waals surface area contributed by atoms with Crippen molar-refractivity contribution in [2.45, 2.75) is 4.34 Å². The number of nitrogens with zero attached hydrogens (tertiary/aromatic N) is 2. The first-order valence-electron chi connectivity index (χ1n) is 7.26. The summed E-state index contributed by atoms with van der Waals surface area (Å²) in [5.74, 6) is -1.15. The Morgan fingerprint density at radius 2 is 1.96 bits per heavy atom. The Bertz CT molecular complexity index is 920. The van der Waals surface area contributed by atoms with Gasteiger partial charge in [-0.2, -0.15) is 5.10 Å². The fourth-order valence-corrected chi connectivity index (χ4v) is 3.91. The summed E-state index contributed by atoms with van der Waals surface area (Å²) in [6.07, 6.45) is 1.32. The van der Waals surface area contributed by atoms with E-state index in [-0.39, 0.29) is 17.2 Å². The average molecular weight is 371 g/mol. The molecule has 2 N–H and O–H groups in total. The van der Waals surface area contributed by atoms with Crippen LogP contribution in [0, 0.1) is 0 Å². The van der Waals surface area contributed by atoms with Crippen molar-refractivity contribution in [2.24, 2.45) is 5.10 Å². The molecule has 0 fully saturated rings. The van der Waals surface area contributed by atoms with Crippen molar-refractivity contribution in [3.8, 4) is 0 Å². The van der Waals surface area contributed by atoms with E-state index in [0.717, 1.165) is 14.6 Å². The lowest BCUT2D eigenvalue weighted by atomic mass is 10.1. The highest BCUT2D eigenvalue weighted by molar-refractivity contribution is 8.01. The number of carbonyl (C=O) groups excluding carboxylic acids is 1. The number of amides is 1. The third-order valence-corrected chi connectivity index (χ3v) is 5.36. The number of hydrazone groups is 1. The maximum Gasteiger partial charge on any atom is 0.336 e. The van der Waals surface area contributed by atoms with Crippen molar-refractivity contribution in [1.82, 2.24) is 10.4 Å². The van der Waals surface area contributed by atoms with Crippen LogP contribution in [0.1, 0.15) is 15.9 Å². The number of aromatic carboxylic acids is 1. The second-order valence-electron chi connectivity index (χ2n) is 4.92. The van der Waals surface area contributed by atoms with Crippen LogP contribution in [-0.4, -0.2) is 33.9 Å². The zero-order valence-electron chi connectivity index (χ0n) is 12.9. The number of fused-ring (bicyclic) bond motifs is 1. The Labute approximate surface area is 151 Å². The number of para-hydroxylation sites is 1. The predicted molar refractivity (Wildman–Crippen MR) is 99.5 cm³/mol. The summed E-state index contributed by atoms with van der Waals surface area (Å²) in [4.78, 5) is 27.4. The zero-order valence-corrected chi connectivity index (χ0v) is 14.5. The molecule has 25 heavy (non-hydrogen) atoms. The lowest BCUT2D eigenvalue weighted by molar-refractivity contribution is -0.118. The average Bonchev–Trinajstić information content (AvgIpc) is 3.03. The molecule has 0 radical (unpaired) electrons. The fourth-order valence-electron chi connectivity index (χ4n) is 2.05. The normalized spacial score (nSPS) is 11.0. The molecule has 8 heteroatoms. The number of thiazole rings is 1. The molecule has 3 rings (SSSR count). The first kappa shape index (κ1) is 17.1. The molecule has 1 heterocycles. The highest BCUT2D eigenvalue weighted by Gasteiger charge is 2.08. The van der Waals surface area contributed by atoms with Crippen molar-refractivity contribution >= 4 is 51.4 Å². The minimum Gasteiger partial charge on any atom is -0.478 e. The Morgan fingerprint density at radius 1 is 1.20 bits per heavy atom. The Morgan fingerprint density at radius 3 is 2.76 bits per heavy atom. The summed E-state index contributed by atoms with van der Waals surface area (Å²) in [6, 6.07) is 14.2. The monoisotopic (exact) mass is 371 g/mol. The van der Waals surface area contributed by atoms with E-state index in [1.165, 1.54) is 35.4 Å². The van der Waals surface area contributed by atoms with Gasteiger partial charge in [0.2, 0.25) is 0 Å². The molecule has 0 saturated heterocycles. The van der Waals surface area contributed by atoms with Crippen molar-refractivity contribution in [2.75, 3.05) is 5.75 Å². The van der Waals surface area contributed by atoms with Gasteiger partial charge in [-0.1, -0.05) is 42.1 Å². The second-order valence-corrected chi connectivity index (χ2v) is 7.17. The molecule has 0 unspecified atom stereocenters. The zero-order chi connectivity index (χ0) is 17.6. The molecule has 0 spiro atoms. The molecule has 0 aliphatic carbocycles. The number of hydrogen-bond donors (Lipinski definition) is 2. The summed E-state index contributed by atoms with van der Waals surface area (Å²) in [5.41, 5.74) is 3.86. The number of benzene rings is 2. The van der Waals surface area contributed by atoms with E-state index < -0.39 is 5.97 Å². The molecule has 3 aromatic rings. The second kappa shape index (κ2) is 7.91. The first-order chi connectivity index (χ1) is 12.1. The van der Waals surface area contributed by atoms with Crippen LogP contribution in [0.4, 0.5) is 0 Å². The van der Waals surface area contributed by atoms with Crippen molar-refractivity contribution in [3.05, 3.63) is 59.7 Å². The number of rotatable bonds is 6. The van der Waals surface area contributed by atoms with E-state index in [1.807, 2.05) is 24.3 Å². The van der Waals surface area contributed by atoms with Gasteiger partial charge in [-0.3, -0.25) is 4.79 Å². The number of thioether (sulfide) groups is 1. The largest absolute Gasteiger partial charge is 0.478 e. The van der Waals surface area contributed by atoms with Crippen LogP contribution in [0.3, 0.4) is 0 Å². The Hall–Kier alpha value is -2.71. The van der Waals surface area contributed by atoms with E-state index in [1.54, 1.807) is 18.2 Å². The number of nitrogens with one attached hydrogen (secondary N) is 1. The molecule has 126 valence electrons. The van der Waals surface area contributed by atoms with Gasteiger partial charge >= 0.3 is 5.97 Å². The standard InChI is InChI=1S/C17H13N3O3S2/c21-15(10-24-17-19-13-7-3-4-8-14(13)25-17)20-18-9-11-5-1-2-6-12(11)16(22)23/h1-9H,10H2,(H,20,21)(H,22,23)/b18-9+. The topological polar surface area (TPSA) is 91.7 Å². The maximum absolute atomic E-state index is 11.9. The number of carboxylic acid groups (broad SMARTS) is 1. The van der Waals surface area contributed by atoms with Gasteiger partial charge in [-0.15, -0.1) is 11.3 Å². The van der Waals surface area contributed by atoms with Gasteiger partial charge in [-0.05, 0) is 18.2 Å². The number of carbonyl (C=O) groups is 2. The molecule has 2 aromatic carbocycles. The van der Waals surface area contributed by atoms with Crippen LogP contribution in [0.5, 0.6) is 0 Å². The Balaban J connectivity index is 1.55. The van der Waals surface area contributed by atoms with Crippen molar-refractivity contribution in [1.29, 1.82) is 0 Å². The lowest BCUT2D eigenvalue weighted by Crippen LogP contribution is -2.19. The van der Waals surface area contributed by atoms with E-state index >= 15 is 0 Å². The highest BCUT2D eigenvalue weighted by atomic mass is 32.2. The number of aromatic nitrogens is 1. The number of hydrogen-bond acceptors (Lipinski definition) is 6. The van der Waals surface area contributed by atoms with Gasteiger partial charge in [-0.25, -0.2) is 15.2 Å². The molecule has 0 atom stereocenters.